The normalized spacial score (nSPS) is 17.7. The summed E-state index contributed by atoms with van der Waals surface area (Å²) in [7, 11) is 0. The van der Waals surface area contributed by atoms with Gasteiger partial charge in [-0.1, -0.05) is 30.3 Å². The van der Waals surface area contributed by atoms with Crippen LogP contribution in [0, 0.1) is 0 Å². The highest BCUT2D eigenvalue weighted by atomic mass is 16.6. The number of esters is 1. The number of amides is 1. The second kappa shape index (κ2) is 8.15. The lowest BCUT2D eigenvalue weighted by atomic mass is 10.1. The van der Waals surface area contributed by atoms with Crippen LogP contribution in [0.3, 0.4) is 0 Å². The molecule has 1 aliphatic heterocycles. The van der Waals surface area contributed by atoms with Gasteiger partial charge in [0.05, 0.1) is 12.7 Å². The summed E-state index contributed by atoms with van der Waals surface area (Å²) in [6, 6.07) is 8.62. The van der Waals surface area contributed by atoms with Crippen molar-refractivity contribution in [2.45, 2.75) is 58.0 Å². The zero-order valence-electron chi connectivity index (χ0n) is 14.4. The highest BCUT2D eigenvalue weighted by Crippen LogP contribution is 2.18. The van der Waals surface area contributed by atoms with E-state index in [0.29, 0.717) is 19.4 Å². The predicted octanol–water partition coefficient (Wildman–Crippen LogP) is 2.80. The summed E-state index contributed by atoms with van der Waals surface area (Å²) in [4.78, 5) is 24.3. The molecule has 132 valence electrons. The molecule has 0 aromatic heterocycles. The first-order valence-electron chi connectivity index (χ1n) is 8.15. The van der Waals surface area contributed by atoms with Crippen molar-refractivity contribution in [1.82, 2.24) is 5.32 Å². The Morgan fingerprint density at radius 1 is 1.29 bits per heavy atom. The van der Waals surface area contributed by atoms with Crippen LogP contribution < -0.4 is 5.32 Å². The maximum atomic E-state index is 12.3. The molecule has 6 nitrogen and oxygen atoms in total. The van der Waals surface area contributed by atoms with Gasteiger partial charge in [0.1, 0.15) is 18.2 Å². The Kier molecular flexibility index (Phi) is 6.20. The van der Waals surface area contributed by atoms with E-state index in [1.165, 1.54) is 0 Å². The summed E-state index contributed by atoms with van der Waals surface area (Å²) >= 11 is 0. The molecule has 1 aliphatic rings. The van der Waals surface area contributed by atoms with Gasteiger partial charge in [-0.2, -0.15) is 0 Å². The second-order valence-electron chi connectivity index (χ2n) is 6.82. The van der Waals surface area contributed by atoms with Crippen LogP contribution in [0.15, 0.2) is 30.3 Å². The number of carbonyl (C=O) groups is 2. The number of hydrogen-bond donors (Lipinski definition) is 1. The van der Waals surface area contributed by atoms with Crippen LogP contribution in [0.2, 0.25) is 0 Å². The highest BCUT2D eigenvalue weighted by Gasteiger charge is 2.30. The fourth-order valence-electron chi connectivity index (χ4n) is 2.12. The lowest BCUT2D eigenvalue weighted by molar-refractivity contribution is -0.157. The minimum Gasteiger partial charge on any atom is -0.458 e. The number of epoxide rings is 1. The van der Waals surface area contributed by atoms with Gasteiger partial charge in [-0.3, -0.25) is 0 Å². The van der Waals surface area contributed by atoms with Crippen molar-refractivity contribution in [1.29, 1.82) is 0 Å². The topological polar surface area (TPSA) is 77.2 Å². The molecule has 0 radical (unpaired) electrons. The van der Waals surface area contributed by atoms with Crippen LogP contribution >= 0.6 is 0 Å². The molecule has 24 heavy (non-hydrogen) atoms. The molecule has 1 heterocycles. The first-order valence-corrected chi connectivity index (χ1v) is 8.15. The van der Waals surface area contributed by atoms with Gasteiger partial charge in [0.2, 0.25) is 0 Å². The molecule has 1 aromatic rings. The number of benzene rings is 1. The number of nitrogens with one attached hydrogen (secondary N) is 1. The molecule has 2 rings (SSSR count). The fraction of sp³-hybridized carbons (Fsp3) is 0.556. The summed E-state index contributed by atoms with van der Waals surface area (Å²) in [5.74, 6) is -0.459. The van der Waals surface area contributed by atoms with Crippen LogP contribution in [0.1, 0.15) is 39.2 Å². The smallest absolute Gasteiger partial charge is 0.408 e. The Labute approximate surface area is 142 Å². The Bertz CT molecular complexity index is 548. The Hall–Kier alpha value is -2.08. The Balaban J connectivity index is 1.85. The van der Waals surface area contributed by atoms with Gasteiger partial charge in [-0.25, -0.2) is 9.59 Å². The summed E-state index contributed by atoms with van der Waals surface area (Å²) < 4.78 is 15.7. The third-order valence-electron chi connectivity index (χ3n) is 3.38. The van der Waals surface area contributed by atoms with Gasteiger partial charge in [0.15, 0.2) is 0 Å². The van der Waals surface area contributed by atoms with Gasteiger partial charge in [-0.05, 0) is 39.2 Å². The van der Waals surface area contributed by atoms with E-state index in [-0.39, 0.29) is 12.7 Å². The third kappa shape index (κ3) is 7.00. The number of alkyl carbamates (subject to hydrolysis) is 1. The molecule has 2 atom stereocenters. The van der Waals surface area contributed by atoms with Crippen LogP contribution in [-0.2, 0) is 25.6 Å². The van der Waals surface area contributed by atoms with Gasteiger partial charge in [0, 0.05) is 0 Å². The van der Waals surface area contributed by atoms with E-state index >= 15 is 0 Å². The molecule has 1 amide bonds. The number of hydrogen-bond acceptors (Lipinski definition) is 5. The molecule has 0 saturated carbocycles. The van der Waals surface area contributed by atoms with Gasteiger partial charge < -0.3 is 19.5 Å². The molecular formula is C18H25NO5. The predicted molar refractivity (Wildman–Crippen MR) is 88.4 cm³/mol. The third-order valence-corrected chi connectivity index (χ3v) is 3.38. The summed E-state index contributed by atoms with van der Waals surface area (Å²) in [5.41, 5.74) is 0.272. The quantitative estimate of drug-likeness (QED) is 0.612. The minimum absolute atomic E-state index is 0.152. The van der Waals surface area contributed by atoms with Crippen LogP contribution in [0.5, 0.6) is 0 Å². The van der Waals surface area contributed by atoms with E-state index in [0.717, 1.165) is 5.56 Å². The molecular weight excluding hydrogens is 310 g/mol. The zero-order valence-corrected chi connectivity index (χ0v) is 14.4. The first-order chi connectivity index (χ1) is 11.3. The number of ether oxygens (including phenoxy) is 3. The van der Waals surface area contributed by atoms with E-state index in [4.69, 9.17) is 14.2 Å². The molecule has 0 bridgehead atoms. The summed E-state index contributed by atoms with van der Waals surface area (Å²) in [5, 5.41) is 2.60. The lowest BCUT2D eigenvalue weighted by Gasteiger charge is -2.24. The average Bonchev–Trinajstić information content (AvgIpc) is 3.33. The largest absolute Gasteiger partial charge is 0.458 e. The van der Waals surface area contributed by atoms with E-state index < -0.39 is 23.7 Å². The van der Waals surface area contributed by atoms with E-state index in [1.807, 2.05) is 30.3 Å². The van der Waals surface area contributed by atoms with E-state index in [9.17, 15) is 9.59 Å². The Morgan fingerprint density at radius 2 is 1.96 bits per heavy atom. The van der Waals surface area contributed by atoms with Gasteiger partial charge in [0.25, 0.3) is 0 Å². The lowest BCUT2D eigenvalue weighted by Crippen LogP contribution is -2.44. The van der Waals surface area contributed by atoms with Crippen LogP contribution in [-0.4, -0.2) is 36.4 Å². The SMILES string of the molecule is CC(C)(C)OC(=O)[C@@H](CC[C@H]1CO1)NC(=O)OCc1ccccc1. The average molecular weight is 335 g/mol. The van der Waals surface area contributed by atoms with Crippen LogP contribution in [0.25, 0.3) is 0 Å². The monoisotopic (exact) mass is 335 g/mol. The Morgan fingerprint density at radius 3 is 2.54 bits per heavy atom. The minimum atomic E-state index is -0.739. The van der Waals surface area contributed by atoms with E-state index in [1.54, 1.807) is 20.8 Å². The zero-order chi connectivity index (χ0) is 17.6. The molecule has 1 aromatic carbocycles. The molecule has 0 spiro atoms. The van der Waals surface area contributed by atoms with Crippen molar-refractivity contribution < 1.29 is 23.8 Å². The molecule has 6 heteroatoms. The summed E-state index contributed by atoms with van der Waals surface area (Å²) in [6.45, 7) is 6.23. The van der Waals surface area contributed by atoms with E-state index in [2.05, 4.69) is 5.32 Å². The maximum Gasteiger partial charge on any atom is 0.408 e. The first kappa shape index (κ1) is 18.3. The molecule has 1 N–H and O–H groups in total. The second-order valence-corrected chi connectivity index (χ2v) is 6.82. The number of carbonyl (C=O) groups excluding carboxylic acids is 2. The number of rotatable bonds is 7. The van der Waals surface area contributed by atoms with Crippen molar-refractivity contribution >= 4 is 12.1 Å². The van der Waals surface area contributed by atoms with Crippen molar-refractivity contribution in [2.75, 3.05) is 6.61 Å². The molecule has 1 saturated heterocycles. The van der Waals surface area contributed by atoms with Gasteiger partial charge in [-0.15, -0.1) is 0 Å². The summed E-state index contributed by atoms with van der Waals surface area (Å²) in [6.07, 6.45) is 0.701. The van der Waals surface area contributed by atoms with Crippen molar-refractivity contribution in [2.24, 2.45) is 0 Å². The maximum absolute atomic E-state index is 12.3. The fourth-order valence-corrected chi connectivity index (χ4v) is 2.12. The molecule has 1 fully saturated rings. The highest BCUT2D eigenvalue weighted by molar-refractivity contribution is 5.81. The van der Waals surface area contributed by atoms with Crippen molar-refractivity contribution in [3.63, 3.8) is 0 Å². The standard InChI is InChI=1S/C18H25NO5/c1-18(2,3)24-16(20)15(10-9-14-12-22-14)19-17(21)23-11-13-7-5-4-6-8-13/h4-8,14-15H,9-12H2,1-3H3,(H,19,21)/t14-,15+/m0/s1. The van der Waals surface area contributed by atoms with Crippen molar-refractivity contribution in [3.8, 4) is 0 Å². The molecule has 0 aliphatic carbocycles. The molecule has 0 unspecified atom stereocenters. The van der Waals surface area contributed by atoms with Gasteiger partial charge >= 0.3 is 12.1 Å². The van der Waals surface area contributed by atoms with Crippen LogP contribution in [0.4, 0.5) is 4.79 Å². The van der Waals surface area contributed by atoms with Crippen molar-refractivity contribution in [3.05, 3.63) is 35.9 Å².